The molecule has 1 aliphatic heterocycles. The molecule has 0 radical (unpaired) electrons. The van der Waals surface area contributed by atoms with Crippen LogP contribution in [0.5, 0.6) is 0 Å². The van der Waals surface area contributed by atoms with Crippen molar-refractivity contribution < 1.29 is 13.0 Å². The number of hydrogen-bond donors (Lipinski definition) is 0. The van der Waals surface area contributed by atoms with Gasteiger partial charge in [0.05, 0.1) is 4.90 Å². The van der Waals surface area contributed by atoms with Crippen molar-refractivity contribution in [2.45, 2.75) is 11.8 Å². The molecule has 32 heavy (non-hydrogen) atoms. The van der Waals surface area contributed by atoms with Crippen LogP contribution in [0, 0.1) is 12.8 Å². The third-order valence-electron chi connectivity index (χ3n) is 5.83. The zero-order chi connectivity index (χ0) is 22.8. The number of rotatable bonds is 7. The van der Waals surface area contributed by atoms with Crippen LogP contribution >= 0.6 is 7.14 Å². The fourth-order valence-corrected chi connectivity index (χ4v) is 8.15. The highest BCUT2D eigenvalue weighted by Gasteiger charge is 2.36. The van der Waals surface area contributed by atoms with Gasteiger partial charge in [-0.15, -0.1) is 6.58 Å². The molecule has 0 amide bonds. The normalized spacial score (nSPS) is 16.6. The van der Waals surface area contributed by atoms with Gasteiger partial charge in [-0.05, 0) is 24.6 Å². The number of sulfonamides is 1. The van der Waals surface area contributed by atoms with Gasteiger partial charge < -0.3 is 4.57 Å². The van der Waals surface area contributed by atoms with Crippen LogP contribution in [-0.2, 0) is 14.6 Å². The van der Waals surface area contributed by atoms with E-state index in [1.807, 2.05) is 67.6 Å². The van der Waals surface area contributed by atoms with E-state index in [0.29, 0.717) is 0 Å². The van der Waals surface area contributed by atoms with Crippen LogP contribution in [0.3, 0.4) is 0 Å². The molecule has 1 atom stereocenters. The fraction of sp³-hybridized carbons (Fsp3) is 0.154. The van der Waals surface area contributed by atoms with Crippen LogP contribution in [0.25, 0.3) is 0 Å². The van der Waals surface area contributed by atoms with Crippen molar-refractivity contribution in [3.8, 4) is 0 Å². The van der Waals surface area contributed by atoms with Crippen LogP contribution in [0.2, 0.25) is 0 Å². The van der Waals surface area contributed by atoms with E-state index in [-0.39, 0.29) is 23.5 Å². The second kappa shape index (κ2) is 8.93. The average Bonchev–Trinajstić information content (AvgIpc) is 3.24. The number of nitrogens with zero attached hydrogens (tertiary/aromatic N) is 1. The predicted octanol–water partition coefficient (Wildman–Crippen LogP) is 4.70. The van der Waals surface area contributed by atoms with Gasteiger partial charge in [-0.3, -0.25) is 4.31 Å². The van der Waals surface area contributed by atoms with E-state index < -0.39 is 17.2 Å². The second-order valence-corrected chi connectivity index (χ2v) is 12.7. The average molecular weight is 464 g/mol. The van der Waals surface area contributed by atoms with E-state index in [1.54, 1.807) is 36.5 Å². The molecule has 0 fully saturated rings. The molecule has 0 spiro atoms. The topological polar surface area (TPSA) is 54.5 Å². The summed E-state index contributed by atoms with van der Waals surface area (Å²) in [4.78, 5) is 0.248. The Balaban J connectivity index is 1.74. The molecule has 4 nitrogen and oxygen atoms in total. The molecule has 3 aromatic rings. The molecular weight excluding hydrogens is 437 g/mol. The van der Waals surface area contributed by atoms with Gasteiger partial charge in [0.2, 0.25) is 0 Å². The maximum absolute atomic E-state index is 14.5. The van der Waals surface area contributed by atoms with Crippen LogP contribution in [0.4, 0.5) is 0 Å². The molecule has 0 aromatic heterocycles. The Hall–Kier alpha value is -2.88. The minimum absolute atomic E-state index is 0.198. The molecule has 1 aliphatic rings. The summed E-state index contributed by atoms with van der Waals surface area (Å²) < 4.78 is 42.3. The minimum Gasteiger partial charge on any atom is -0.313 e. The first-order valence-electron chi connectivity index (χ1n) is 10.5. The molecular formula is C26H26NO3PS. The number of aryl methyl sites for hydroxylation is 1. The van der Waals surface area contributed by atoms with Crippen molar-refractivity contribution in [3.63, 3.8) is 0 Å². The van der Waals surface area contributed by atoms with Gasteiger partial charge in [0.1, 0.15) is 7.14 Å². The molecule has 3 aromatic carbocycles. The fourth-order valence-electron chi connectivity index (χ4n) is 3.97. The largest absolute Gasteiger partial charge is 0.313 e. The Labute approximate surface area is 190 Å². The van der Waals surface area contributed by atoms with E-state index in [2.05, 4.69) is 6.58 Å². The monoisotopic (exact) mass is 463 g/mol. The van der Waals surface area contributed by atoms with E-state index in [4.69, 9.17) is 0 Å². The summed E-state index contributed by atoms with van der Waals surface area (Å²) in [7, 11) is -6.72. The van der Waals surface area contributed by atoms with Crippen molar-refractivity contribution in [2.75, 3.05) is 12.7 Å². The molecule has 0 saturated carbocycles. The third kappa shape index (κ3) is 4.23. The Bertz CT molecular complexity index is 1240. The van der Waals surface area contributed by atoms with Crippen molar-refractivity contribution in [1.82, 2.24) is 4.31 Å². The summed E-state index contributed by atoms with van der Waals surface area (Å²) >= 11 is 0. The first-order valence-corrected chi connectivity index (χ1v) is 13.8. The lowest BCUT2D eigenvalue weighted by atomic mass is 10.1. The van der Waals surface area contributed by atoms with Crippen LogP contribution < -0.4 is 10.6 Å². The van der Waals surface area contributed by atoms with Crippen molar-refractivity contribution in [1.29, 1.82) is 0 Å². The molecule has 1 unspecified atom stereocenters. The quantitative estimate of drug-likeness (QED) is 0.377. The highest BCUT2D eigenvalue weighted by atomic mass is 32.2. The molecule has 0 bridgehead atoms. The van der Waals surface area contributed by atoms with Crippen molar-refractivity contribution in [2.24, 2.45) is 5.92 Å². The predicted molar refractivity (Wildman–Crippen MR) is 131 cm³/mol. The standard InChI is InChI=1S/C26H26NO3PS/c1-3-22-18-27(32(29,30)26-16-14-21(2)15-17-26)19-23(22)20-31(28,24-10-6-4-7-11-24)25-12-8-5-9-13-25/h3-17,19,22H,1,18,20H2,2H3. The van der Waals surface area contributed by atoms with Crippen LogP contribution in [0.1, 0.15) is 5.56 Å². The molecule has 1 heterocycles. The Morgan fingerprint density at radius 2 is 1.47 bits per heavy atom. The molecule has 6 heteroatoms. The van der Waals surface area contributed by atoms with Gasteiger partial charge in [0.25, 0.3) is 10.0 Å². The second-order valence-electron chi connectivity index (χ2n) is 8.00. The van der Waals surface area contributed by atoms with Gasteiger partial charge in [0, 0.05) is 35.4 Å². The summed E-state index contributed by atoms with van der Waals surface area (Å²) in [5, 5.41) is 1.52. The molecule has 0 N–H and O–H groups in total. The maximum Gasteiger partial charge on any atom is 0.263 e. The lowest BCUT2D eigenvalue weighted by Gasteiger charge is -2.21. The van der Waals surface area contributed by atoms with Crippen LogP contribution in [-0.4, -0.2) is 25.4 Å². The molecule has 0 saturated heterocycles. The molecule has 0 aliphatic carbocycles. The zero-order valence-electron chi connectivity index (χ0n) is 18.0. The zero-order valence-corrected chi connectivity index (χ0v) is 19.7. The van der Waals surface area contributed by atoms with Gasteiger partial charge in [-0.25, -0.2) is 8.42 Å². The maximum atomic E-state index is 14.5. The lowest BCUT2D eigenvalue weighted by Crippen LogP contribution is -2.26. The van der Waals surface area contributed by atoms with Gasteiger partial charge in [0.15, 0.2) is 0 Å². The highest BCUT2D eigenvalue weighted by Crippen LogP contribution is 2.47. The summed E-state index contributed by atoms with van der Waals surface area (Å²) in [5.74, 6) is -0.198. The summed E-state index contributed by atoms with van der Waals surface area (Å²) in [6.07, 6.45) is 3.66. The summed E-state index contributed by atoms with van der Waals surface area (Å²) in [5.41, 5.74) is 1.81. The smallest absolute Gasteiger partial charge is 0.263 e. The molecule has 164 valence electrons. The van der Waals surface area contributed by atoms with E-state index in [0.717, 1.165) is 21.7 Å². The SMILES string of the molecule is C=CC1CN(S(=O)(=O)c2ccc(C)cc2)C=C1CP(=O)(c1ccccc1)c1ccccc1. The summed E-state index contributed by atoms with van der Waals surface area (Å²) in [6.45, 7) is 6.10. The van der Waals surface area contributed by atoms with Gasteiger partial charge in [-0.2, -0.15) is 0 Å². The van der Waals surface area contributed by atoms with E-state index >= 15 is 0 Å². The number of hydrogen-bond acceptors (Lipinski definition) is 3. The minimum atomic E-state index is -3.70. The lowest BCUT2D eigenvalue weighted by molar-refractivity contribution is 0.501. The summed E-state index contributed by atoms with van der Waals surface area (Å²) in [6, 6.07) is 25.7. The Morgan fingerprint density at radius 1 is 0.938 bits per heavy atom. The Kier molecular flexibility index (Phi) is 6.23. The first-order chi connectivity index (χ1) is 15.3. The van der Waals surface area contributed by atoms with E-state index in [1.165, 1.54) is 4.31 Å². The Morgan fingerprint density at radius 3 is 1.97 bits per heavy atom. The molecule has 4 rings (SSSR count). The van der Waals surface area contributed by atoms with Crippen LogP contribution in [0.15, 0.2) is 114 Å². The van der Waals surface area contributed by atoms with Crippen molar-refractivity contribution >= 4 is 27.8 Å². The number of benzene rings is 3. The van der Waals surface area contributed by atoms with E-state index in [9.17, 15) is 13.0 Å². The highest BCUT2D eigenvalue weighted by molar-refractivity contribution is 7.89. The van der Waals surface area contributed by atoms with Crippen molar-refractivity contribution in [3.05, 3.63) is 115 Å². The van der Waals surface area contributed by atoms with Gasteiger partial charge >= 0.3 is 0 Å². The third-order valence-corrected chi connectivity index (χ3v) is 10.6. The van der Waals surface area contributed by atoms with Gasteiger partial charge in [-0.1, -0.05) is 84.4 Å². The first kappa shape index (κ1) is 22.3.